The van der Waals surface area contributed by atoms with Crippen molar-refractivity contribution in [3.63, 3.8) is 0 Å². The van der Waals surface area contributed by atoms with Crippen molar-refractivity contribution in [2.75, 3.05) is 13.2 Å². The summed E-state index contributed by atoms with van der Waals surface area (Å²) in [7, 11) is 0. The minimum Gasteiger partial charge on any atom is -0.481 e. The Morgan fingerprint density at radius 1 is 1.38 bits per heavy atom. The molecule has 6 nitrogen and oxygen atoms in total. The van der Waals surface area contributed by atoms with E-state index in [1.165, 1.54) is 6.08 Å². The van der Waals surface area contributed by atoms with Crippen LogP contribution in [-0.2, 0) is 9.59 Å². The lowest BCUT2D eigenvalue weighted by Crippen LogP contribution is -2.29. The number of hydrogen-bond donors (Lipinski definition) is 2. The third kappa shape index (κ3) is 5.97. The molecule has 0 aromatic heterocycles. The number of aliphatic carboxylic acids is 1. The zero-order valence-corrected chi connectivity index (χ0v) is 13.8. The number of nitriles is 1. The number of benzene rings is 1. The van der Waals surface area contributed by atoms with Crippen molar-refractivity contribution in [2.45, 2.75) is 0 Å². The molecule has 0 aliphatic carbocycles. The Labute approximate surface area is 137 Å². The van der Waals surface area contributed by atoms with Gasteiger partial charge < -0.3 is 15.2 Å². The van der Waals surface area contributed by atoms with Gasteiger partial charge in [-0.15, -0.1) is 0 Å². The SMILES string of the molecule is N#CCNC(=O)COc1c(Br)cc(/C=C/C(=O)O)cc1Br. The molecule has 8 heteroatoms. The first-order chi connectivity index (χ1) is 9.93. The zero-order valence-electron chi connectivity index (χ0n) is 10.6. The number of carbonyl (C=O) groups excluding carboxylic acids is 1. The molecular formula is C13H10Br2N2O4. The molecule has 110 valence electrons. The van der Waals surface area contributed by atoms with Gasteiger partial charge in [0.25, 0.3) is 5.91 Å². The van der Waals surface area contributed by atoms with Crippen molar-refractivity contribution >= 4 is 49.8 Å². The summed E-state index contributed by atoms with van der Waals surface area (Å²) < 4.78 is 6.48. The average molecular weight is 418 g/mol. The Balaban J connectivity index is 2.79. The summed E-state index contributed by atoms with van der Waals surface area (Å²) in [4.78, 5) is 21.8. The van der Waals surface area contributed by atoms with E-state index in [4.69, 9.17) is 15.1 Å². The number of nitrogens with one attached hydrogen (secondary N) is 1. The zero-order chi connectivity index (χ0) is 15.8. The number of hydrogen-bond acceptors (Lipinski definition) is 4. The molecule has 0 unspecified atom stereocenters. The predicted molar refractivity (Wildman–Crippen MR) is 82.6 cm³/mol. The maximum absolute atomic E-state index is 11.3. The van der Waals surface area contributed by atoms with Gasteiger partial charge in [0.05, 0.1) is 15.0 Å². The van der Waals surface area contributed by atoms with Gasteiger partial charge in [0.2, 0.25) is 0 Å². The molecular weight excluding hydrogens is 408 g/mol. The van der Waals surface area contributed by atoms with Crippen LogP contribution in [0.2, 0.25) is 0 Å². The summed E-state index contributed by atoms with van der Waals surface area (Å²) >= 11 is 6.57. The molecule has 0 fully saturated rings. The van der Waals surface area contributed by atoms with Crippen molar-refractivity contribution in [1.82, 2.24) is 5.32 Å². The summed E-state index contributed by atoms with van der Waals surface area (Å²) in [5, 5.41) is 19.3. The molecule has 0 atom stereocenters. The van der Waals surface area contributed by atoms with Crippen LogP contribution in [0.4, 0.5) is 0 Å². The highest BCUT2D eigenvalue weighted by atomic mass is 79.9. The van der Waals surface area contributed by atoms with Crippen LogP contribution in [0.3, 0.4) is 0 Å². The van der Waals surface area contributed by atoms with Gasteiger partial charge in [0.1, 0.15) is 12.3 Å². The number of carboxylic acid groups (broad SMARTS) is 1. The van der Waals surface area contributed by atoms with E-state index in [0.29, 0.717) is 20.3 Å². The fourth-order valence-corrected chi connectivity index (χ4v) is 2.76. The van der Waals surface area contributed by atoms with Crippen LogP contribution in [0.1, 0.15) is 5.56 Å². The summed E-state index contributed by atoms with van der Waals surface area (Å²) in [6, 6.07) is 5.11. The Morgan fingerprint density at radius 2 is 2.00 bits per heavy atom. The third-order valence-corrected chi connectivity index (χ3v) is 3.33. The van der Waals surface area contributed by atoms with Crippen molar-refractivity contribution < 1.29 is 19.4 Å². The maximum Gasteiger partial charge on any atom is 0.328 e. The van der Waals surface area contributed by atoms with E-state index in [0.717, 1.165) is 6.08 Å². The highest BCUT2D eigenvalue weighted by molar-refractivity contribution is 9.11. The Kier molecular flexibility index (Phi) is 6.91. The highest BCUT2D eigenvalue weighted by Crippen LogP contribution is 2.35. The van der Waals surface area contributed by atoms with E-state index < -0.39 is 11.9 Å². The maximum atomic E-state index is 11.3. The summed E-state index contributed by atoms with van der Waals surface area (Å²) in [6.45, 7) is -0.313. The minimum absolute atomic E-state index is 0.0799. The van der Waals surface area contributed by atoms with Gasteiger partial charge in [-0.05, 0) is 55.6 Å². The Hall–Kier alpha value is -1.85. The van der Waals surface area contributed by atoms with Gasteiger partial charge in [0, 0.05) is 6.08 Å². The van der Waals surface area contributed by atoms with E-state index in [9.17, 15) is 9.59 Å². The number of halogens is 2. The lowest BCUT2D eigenvalue weighted by Gasteiger charge is -2.10. The fourth-order valence-electron chi connectivity index (χ4n) is 1.31. The first-order valence-corrected chi connectivity index (χ1v) is 7.19. The second-order valence-corrected chi connectivity index (χ2v) is 5.42. The van der Waals surface area contributed by atoms with Crippen LogP contribution < -0.4 is 10.1 Å². The van der Waals surface area contributed by atoms with E-state index in [1.807, 2.05) is 0 Å². The predicted octanol–water partition coefficient (Wildman–Crippen LogP) is 2.33. The van der Waals surface area contributed by atoms with E-state index in [1.54, 1.807) is 18.2 Å². The number of nitrogens with zero attached hydrogens (tertiary/aromatic N) is 1. The average Bonchev–Trinajstić information content (AvgIpc) is 2.41. The molecule has 0 heterocycles. The second-order valence-electron chi connectivity index (χ2n) is 3.71. The van der Waals surface area contributed by atoms with Gasteiger partial charge in [-0.2, -0.15) is 5.26 Å². The molecule has 1 rings (SSSR count). The first-order valence-electron chi connectivity index (χ1n) is 5.60. The molecule has 2 N–H and O–H groups in total. The topological polar surface area (TPSA) is 99.4 Å². The lowest BCUT2D eigenvalue weighted by atomic mass is 10.2. The van der Waals surface area contributed by atoms with E-state index in [-0.39, 0.29) is 13.2 Å². The van der Waals surface area contributed by atoms with Crippen LogP contribution in [0.5, 0.6) is 5.75 Å². The monoisotopic (exact) mass is 416 g/mol. The van der Waals surface area contributed by atoms with Gasteiger partial charge in [0.15, 0.2) is 6.61 Å². The molecule has 0 aliphatic rings. The summed E-state index contributed by atoms with van der Waals surface area (Å²) in [5.74, 6) is -1.04. The van der Waals surface area contributed by atoms with Crippen LogP contribution in [0.15, 0.2) is 27.2 Å². The smallest absolute Gasteiger partial charge is 0.328 e. The van der Waals surface area contributed by atoms with Gasteiger partial charge in [-0.25, -0.2) is 4.79 Å². The van der Waals surface area contributed by atoms with Crippen LogP contribution in [0, 0.1) is 11.3 Å². The number of rotatable bonds is 6. The molecule has 0 radical (unpaired) electrons. The van der Waals surface area contributed by atoms with Crippen LogP contribution >= 0.6 is 31.9 Å². The van der Waals surface area contributed by atoms with Crippen molar-refractivity contribution in [1.29, 1.82) is 5.26 Å². The highest BCUT2D eigenvalue weighted by Gasteiger charge is 2.10. The van der Waals surface area contributed by atoms with Gasteiger partial charge in [-0.1, -0.05) is 0 Å². The largest absolute Gasteiger partial charge is 0.481 e. The summed E-state index contributed by atoms with van der Waals surface area (Å²) in [6.07, 6.45) is 2.45. The normalized spacial score (nSPS) is 10.1. The molecule has 1 aromatic rings. The quantitative estimate of drug-likeness (QED) is 0.546. The number of carboxylic acids is 1. The number of amides is 1. The number of carbonyl (C=O) groups is 2. The van der Waals surface area contributed by atoms with Crippen molar-refractivity contribution in [3.8, 4) is 11.8 Å². The second kappa shape index (κ2) is 8.44. The first kappa shape index (κ1) is 17.2. The molecule has 0 aliphatic heterocycles. The van der Waals surface area contributed by atoms with E-state index in [2.05, 4.69) is 37.2 Å². The molecule has 0 spiro atoms. The standard InChI is InChI=1S/C13H10Br2N2O4/c14-9-5-8(1-2-12(19)20)6-10(15)13(9)21-7-11(18)17-4-3-16/h1-2,5-6H,4,7H2,(H,17,18)(H,19,20)/b2-1+. The molecule has 1 aromatic carbocycles. The molecule has 21 heavy (non-hydrogen) atoms. The van der Waals surface area contributed by atoms with Crippen molar-refractivity contribution in [3.05, 3.63) is 32.7 Å². The van der Waals surface area contributed by atoms with Crippen molar-refractivity contribution in [2.24, 2.45) is 0 Å². The Bertz CT molecular complexity index is 600. The molecule has 1 amide bonds. The molecule has 0 saturated heterocycles. The summed E-state index contributed by atoms with van der Waals surface area (Å²) in [5.41, 5.74) is 0.650. The van der Waals surface area contributed by atoms with E-state index >= 15 is 0 Å². The van der Waals surface area contributed by atoms with Gasteiger partial charge in [-0.3, -0.25) is 4.79 Å². The Morgan fingerprint density at radius 3 is 2.52 bits per heavy atom. The molecule has 0 saturated carbocycles. The van der Waals surface area contributed by atoms with Gasteiger partial charge >= 0.3 is 5.97 Å². The third-order valence-electron chi connectivity index (χ3n) is 2.15. The van der Waals surface area contributed by atoms with Crippen LogP contribution in [0.25, 0.3) is 6.08 Å². The minimum atomic E-state index is -1.04. The fraction of sp³-hybridized carbons (Fsp3) is 0.154. The van der Waals surface area contributed by atoms with Crippen LogP contribution in [-0.4, -0.2) is 30.1 Å². The lowest BCUT2D eigenvalue weighted by molar-refractivity contribution is -0.131. The molecule has 0 bridgehead atoms. The number of ether oxygens (including phenoxy) is 1.